The number of carbonyl (C=O) groups is 1. The lowest BCUT2D eigenvalue weighted by Gasteiger charge is -2.14. The summed E-state index contributed by atoms with van der Waals surface area (Å²) in [5, 5.41) is 0. The normalized spacial score (nSPS) is 11.7. The number of nitrogens with zero attached hydrogens (tertiary/aromatic N) is 1. The van der Waals surface area contributed by atoms with Gasteiger partial charge >= 0.3 is 5.97 Å². The number of methoxy groups -OCH3 is 1. The summed E-state index contributed by atoms with van der Waals surface area (Å²) >= 11 is 0. The third-order valence-electron chi connectivity index (χ3n) is 3.63. The molecule has 0 aliphatic heterocycles. The first-order valence-electron chi connectivity index (χ1n) is 7.94. The van der Waals surface area contributed by atoms with E-state index in [2.05, 4.69) is 0 Å². The molecule has 144 valence electrons. The van der Waals surface area contributed by atoms with Gasteiger partial charge in [-0.25, -0.2) is 21.9 Å². The van der Waals surface area contributed by atoms with Crippen LogP contribution in [0.4, 0.5) is 4.39 Å². The van der Waals surface area contributed by atoms with Crippen molar-refractivity contribution >= 4 is 22.1 Å². The van der Waals surface area contributed by atoms with Gasteiger partial charge in [-0.3, -0.25) is 0 Å². The van der Waals surface area contributed by atoms with Crippen LogP contribution >= 0.6 is 0 Å². The van der Waals surface area contributed by atoms with Crippen molar-refractivity contribution in [2.24, 2.45) is 0 Å². The van der Waals surface area contributed by atoms with Crippen LogP contribution in [0.3, 0.4) is 0 Å². The summed E-state index contributed by atoms with van der Waals surface area (Å²) in [6, 6.07) is 10.3. The number of halogens is 1. The summed E-state index contributed by atoms with van der Waals surface area (Å²) in [5.74, 6) is -0.839. The summed E-state index contributed by atoms with van der Waals surface area (Å²) in [6.45, 7) is -0.0657. The van der Waals surface area contributed by atoms with Gasteiger partial charge in [0.05, 0.1) is 7.11 Å². The molecule has 0 radical (unpaired) electrons. The van der Waals surface area contributed by atoms with Crippen molar-refractivity contribution in [1.29, 1.82) is 0 Å². The van der Waals surface area contributed by atoms with E-state index in [1.54, 1.807) is 12.1 Å². The van der Waals surface area contributed by atoms with Crippen molar-refractivity contribution < 1.29 is 27.1 Å². The second-order valence-corrected chi connectivity index (χ2v) is 7.89. The van der Waals surface area contributed by atoms with Gasteiger partial charge in [0.2, 0.25) is 10.0 Å². The van der Waals surface area contributed by atoms with Crippen molar-refractivity contribution in [2.75, 3.05) is 21.2 Å². The molecule has 8 heteroatoms. The molecule has 0 aliphatic rings. The van der Waals surface area contributed by atoms with Crippen molar-refractivity contribution in [1.82, 2.24) is 4.31 Å². The number of hydrogen-bond acceptors (Lipinski definition) is 5. The Morgan fingerprint density at radius 1 is 1.19 bits per heavy atom. The van der Waals surface area contributed by atoms with Crippen LogP contribution in [-0.4, -0.2) is 39.9 Å². The topological polar surface area (TPSA) is 72.9 Å². The molecular formula is C19H20FNO5S. The molecule has 0 aliphatic carbocycles. The largest absolute Gasteiger partial charge is 0.495 e. The summed E-state index contributed by atoms with van der Waals surface area (Å²) in [5.41, 5.74) is 1.01. The Balaban J connectivity index is 2.13. The third kappa shape index (κ3) is 5.38. The highest BCUT2D eigenvalue weighted by molar-refractivity contribution is 7.89. The minimum Gasteiger partial charge on any atom is -0.495 e. The molecule has 0 bridgehead atoms. The minimum absolute atomic E-state index is 0.00900. The molecule has 0 spiro atoms. The molecule has 0 N–H and O–H groups in total. The number of rotatable bonds is 7. The zero-order chi connectivity index (χ0) is 20.0. The fourth-order valence-electron chi connectivity index (χ4n) is 2.19. The Labute approximate surface area is 157 Å². The summed E-state index contributed by atoms with van der Waals surface area (Å²) in [4.78, 5) is 11.8. The monoisotopic (exact) mass is 393 g/mol. The Hall–Kier alpha value is -2.71. The number of esters is 1. The van der Waals surface area contributed by atoms with Crippen LogP contribution in [0.15, 0.2) is 53.4 Å². The average molecular weight is 393 g/mol. The number of ether oxygens (including phenoxy) is 2. The van der Waals surface area contributed by atoms with E-state index >= 15 is 0 Å². The van der Waals surface area contributed by atoms with Crippen LogP contribution in [-0.2, 0) is 26.2 Å². The van der Waals surface area contributed by atoms with E-state index in [0.717, 1.165) is 4.31 Å². The van der Waals surface area contributed by atoms with Crippen LogP contribution in [0.5, 0.6) is 5.75 Å². The zero-order valence-corrected chi connectivity index (χ0v) is 16.0. The molecule has 6 nitrogen and oxygen atoms in total. The first-order valence-corrected chi connectivity index (χ1v) is 9.38. The van der Waals surface area contributed by atoms with Gasteiger partial charge in [0.15, 0.2) is 0 Å². The smallest absolute Gasteiger partial charge is 0.331 e. The maximum atomic E-state index is 13.1. The Kier molecular flexibility index (Phi) is 6.70. The van der Waals surface area contributed by atoms with Crippen LogP contribution < -0.4 is 4.74 Å². The predicted octanol–water partition coefficient (Wildman–Crippen LogP) is 2.84. The molecule has 2 aromatic rings. The number of hydrogen-bond donors (Lipinski definition) is 0. The molecule has 0 unspecified atom stereocenters. The van der Waals surface area contributed by atoms with Gasteiger partial charge in [-0.1, -0.05) is 18.2 Å². The van der Waals surface area contributed by atoms with E-state index in [0.29, 0.717) is 11.1 Å². The molecular weight excluding hydrogens is 373 g/mol. The number of sulfonamides is 1. The lowest BCUT2D eigenvalue weighted by molar-refractivity contribution is -0.138. The SMILES string of the molecule is COc1ccc(/C=C/C(=O)OCc2cccc(F)c2)cc1S(=O)(=O)N(C)C. The highest BCUT2D eigenvalue weighted by Crippen LogP contribution is 2.27. The molecule has 0 atom stereocenters. The van der Waals surface area contributed by atoms with Crippen LogP contribution in [0.1, 0.15) is 11.1 Å². The van der Waals surface area contributed by atoms with Gasteiger partial charge in [-0.2, -0.15) is 0 Å². The molecule has 2 rings (SSSR count). The van der Waals surface area contributed by atoms with Crippen molar-refractivity contribution in [2.45, 2.75) is 11.5 Å². The lowest BCUT2D eigenvalue weighted by atomic mass is 10.2. The second-order valence-electron chi connectivity index (χ2n) is 5.77. The van der Waals surface area contributed by atoms with E-state index in [1.165, 1.54) is 63.7 Å². The quantitative estimate of drug-likeness (QED) is 0.534. The van der Waals surface area contributed by atoms with E-state index < -0.39 is 21.8 Å². The van der Waals surface area contributed by atoms with Gasteiger partial charge in [-0.15, -0.1) is 0 Å². The van der Waals surface area contributed by atoms with Crippen LogP contribution in [0, 0.1) is 5.82 Å². The van der Waals surface area contributed by atoms with E-state index in [4.69, 9.17) is 9.47 Å². The van der Waals surface area contributed by atoms with E-state index in [9.17, 15) is 17.6 Å². The predicted molar refractivity (Wildman–Crippen MR) is 99.1 cm³/mol. The highest BCUT2D eigenvalue weighted by atomic mass is 32.2. The van der Waals surface area contributed by atoms with Crippen molar-refractivity contribution in [3.8, 4) is 5.75 Å². The molecule has 2 aromatic carbocycles. The molecule has 0 saturated carbocycles. The fourth-order valence-corrected chi connectivity index (χ4v) is 3.27. The molecule has 0 heterocycles. The first-order chi connectivity index (χ1) is 12.7. The molecule has 0 saturated heterocycles. The van der Waals surface area contributed by atoms with Gasteiger partial charge in [0.1, 0.15) is 23.1 Å². The average Bonchev–Trinajstić information content (AvgIpc) is 2.64. The van der Waals surface area contributed by atoms with Crippen molar-refractivity contribution in [3.05, 3.63) is 65.5 Å². The third-order valence-corrected chi connectivity index (χ3v) is 5.46. The van der Waals surface area contributed by atoms with Gasteiger partial charge in [-0.05, 0) is 41.5 Å². The maximum absolute atomic E-state index is 13.1. The number of benzene rings is 2. The van der Waals surface area contributed by atoms with E-state index in [-0.39, 0.29) is 17.3 Å². The molecule has 0 aromatic heterocycles. The fraction of sp³-hybridized carbons (Fsp3) is 0.211. The first kappa shape index (κ1) is 20.6. The summed E-state index contributed by atoms with van der Waals surface area (Å²) in [7, 11) is 0.505. The Morgan fingerprint density at radius 2 is 1.93 bits per heavy atom. The zero-order valence-electron chi connectivity index (χ0n) is 15.2. The molecule has 27 heavy (non-hydrogen) atoms. The Bertz CT molecular complexity index is 954. The summed E-state index contributed by atoms with van der Waals surface area (Å²) in [6.07, 6.45) is 2.61. The second kappa shape index (κ2) is 8.79. The van der Waals surface area contributed by atoms with E-state index in [1.807, 2.05) is 0 Å². The molecule has 0 fully saturated rings. The van der Waals surface area contributed by atoms with Gasteiger partial charge in [0.25, 0.3) is 0 Å². The van der Waals surface area contributed by atoms with Gasteiger partial charge < -0.3 is 9.47 Å². The standard InChI is InChI=1S/C19H20FNO5S/c1-21(2)27(23,24)18-12-14(7-9-17(18)25-3)8-10-19(22)26-13-15-5-4-6-16(20)11-15/h4-12H,13H2,1-3H3/b10-8+. The summed E-state index contributed by atoms with van der Waals surface area (Å²) < 4.78 is 49.1. The van der Waals surface area contributed by atoms with Crippen LogP contribution in [0.25, 0.3) is 6.08 Å². The molecule has 0 amide bonds. The minimum atomic E-state index is -3.71. The highest BCUT2D eigenvalue weighted by Gasteiger charge is 2.22. The van der Waals surface area contributed by atoms with Crippen molar-refractivity contribution in [3.63, 3.8) is 0 Å². The van der Waals surface area contributed by atoms with Crippen LogP contribution in [0.2, 0.25) is 0 Å². The van der Waals surface area contributed by atoms with Gasteiger partial charge in [0, 0.05) is 20.2 Å². The Morgan fingerprint density at radius 3 is 2.56 bits per heavy atom. The number of carbonyl (C=O) groups excluding carboxylic acids is 1. The lowest BCUT2D eigenvalue weighted by Crippen LogP contribution is -2.22. The maximum Gasteiger partial charge on any atom is 0.331 e.